The normalized spacial score (nSPS) is 10.9. The number of halogens is 1. The summed E-state index contributed by atoms with van der Waals surface area (Å²) < 4.78 is 15.4. The van der Waals surface area contributed by atoms with E-state index in [2.05, 4.69) is 9.97 Å². The van der Waals surface area contributed by atoms with Gasteiger partial charge in [-0.3, -0.25) is 4.98 Å². The highest BCUT2D eigenvalue weighted by molar-refractivity contribution is 5.79. The van der Waals surface area contributed by atoms with Gasteiger partial charge in [-0.1, -0.05) is 6.07 Å². The number of nitrogen functional groups attached to an aromatic ring is 1. The van der Waals surface area contributed by atoms with Crippen molar-refractivity contribution in [2.45, 2.75) is 6.54 Å². The lowest BCUT2D eigenvalue weighted by atomic mass is 10.2. The molecule has 0 saturated heterocycles. The second-order valence-electron chi connectivity index (χ2n) is 4.02. The summed E-state index contributed by atoms with van der Waals surface area (Å²) in [6, 6.07) is 8.63. The van der Waals surface area contributed by atoms with E-state index in [4.69, 9.17) is 5.73 Å². The van der Waals surface area contributed by atoms with Gasteiger partial charge >= 0.3 is 0 Å². The Kier molecular flexibility index (Phi) is 2.44. The fourth-order valence-electron chi connectivity index (χ4n) is 1.97. The number of fused-ring (bicyclic) bond motifs is 1. The first-order valence-electron chi connectivity index (χ1n) is 5.55. The molecule has 0 saturated carbocycles. The molecular formula is C13H11FN4. The second-order valence-corrected chi connectivity index (χ2v) is 4.02. The van der Waals surface area contributed by atoms with Crippen molar-refractivity contribution in [2.75, 3.05) is 5.73 Å². The predicted octanol–water partition coefficient (Wildman–Crippen LogP) is 2.20. The van der Waals surface area contributed by atoms with Crippen LogP contribution >= 0.6 is 0 Å². The molecule has 2 heterocycles. The second kappa shape index (κ2) is 4.10. The molecule has 5 heteroatoms. The quantitative estimate of drug-likeness (QED) is 0.749. The zero-order valence-electron chi connectivity index (χ0n) is 9.55. The third-order valence-electron chi connectivity index (χ3n) is 2.85. The molecule has 2 aromatic heterocycles. The maximum absolute atomic E-state index is 13.6. The third kappa shape index (κ3) is 1.69. The van der Waals surface area contributed by atoms with Crippen molar-refractivity contribution >= 4 is 17.0 Å². The first kappa shape index (κ1) is 10.7. The van der Waals surface area contributed by atoms with Crippen LogP contribution in [0.4, 0.5) is 10.3 Å². The molecule has 0 unspecified atom stereocenters. The Labute approximate surface area is 103 Å². The van der Waals surface area contributed by atoms with Crippen molar-refractivity contribution in [1.29, 1.82) is 0 Å². The Morgan fingerprint density at radius 2 is 1.94 bits per heavy atom. The van der Waals surface area contributed by atoms with Crippen molar-refractivity contribution in [3.05, 3.63) is 54.1 Å². The number of para-hydroxylation sites is 1. The summed E-state index contributed by atoms with van der Waals surface area (Å²) in [5.41, 5.74) is 7.89. The molecule has 0 radical (unpaired) electrons. The minimum atomic E-state index is -0.354. The molecule has 3 rings (SSSR count). The first-order valence-corrected chi connectivity index (χ1v) is 5.55. The van der Waals surface area contributed by atoms with Gasteiger partial charge in [-0.25, -0.2) is 9.37 Å². The Bertz CT molecular complexity index is 691. The van der Waals surface area contributed by atoms with Crippen molar-refractivity contribution < 1.29 is 4.39 Å². The topological polar surface area (TPSA) is 56.7 Å². The molecule has 18 heavy (non-hydrogen) atoms. The number of benzene rings is 1. The molecule has 90 valence electrons. The fraction of sp³-hybridized carbons (Fsp3) is 0.0769. The van der Waals surface area contributed by atoms with Gasteiger partial charge in [-0.15, -0.1) is 0 Å². The van der Waals surface area contributed by atoms with Gasteiger partial charge in [0.1, 0.15) is 5.52 Å². The molecule has 0 spiro atoms. The van der Waals surface area contributed by atoms with E-state index >= 15 is 0 Å². The minimum absolute atomic E-state index is 0.309. The van der Waals surface area contributed by atoms with Gasteiger partial charge in [0.2, 0.25) is 5.95 Å². The van der Waals surface area contributed by atoms with Gasteiger partial charge in [-0.05, 0) is 29.8 Å². The highest BCUT2D eigenvalue weighted by Crippen LogP contribution is 2.21. The molecule has 0 aliphatic heterocycles. The summed E-state index contributed by atoms with van der Waals surface area (Å²) in [6.07, 6.45) is 3.43. The Balaban J connectivity index is 2.12. The van der Waals surface area contributed by atoms with E-state index in [9.17, 15) is 4.39 Å². The average molecular weight is 242 g/mol. The van der Waals surface area contributed by atoms with Crippen LogP contribution in [0.3, 0.4) is 0 Å². The van der Waals surface area contributed by atoms with Gasteiger partial charge in [0.25, 0.3) is 0 Å². The van der Waals surface area contributed by atoms with Crippen LogP contribution in [-0.4, -0.2) is 14.5 Å². The summed E-state index contributed by atoms with van der Waals surface area (Å²) >= 11 is 0. The average Bonchev–Trinajstić information content (AvgIpc) is 2.70. The third-order valence-corrected chi connectivity index (χ3v) is 2.85. The van der Waals surface area contributed by atoms with Gasteiger partial charge in [0.15, 0.2) is 5.82 Å². The minimum Gasteiger partial charge on any atom is -0.369 e. The zero-order chi connectivity index (χ0) is 12.5. The molecule has 0 atom stereocenters. The van der Waals surface area contributed by atoms with Gasteiger partial charge in [0.05, 0.1) is 12.1 Å². The summed E-state index contributed by atoms with van der Waals surface area (Å²) in [4.78, 5) is 8.02. The number of imidazole rings is 1. The zero-order valence-corrected chi connectivity index (χ0v) is 9.55. The van der Waals surface area contributed by atoms with Gasteiger partial charge in [-0.2, -0.15) is 0 Å². The van der Waals surface area contributed by atoms with Crippen molar-refractivity contribution in [1.82, 2.24) is 14.5 Å². The van der Waals surface area contributed by atoms with E-state index in [0.717, 1.165) is 5.56 Å². The van der Waals surface area contributed by atoms with Crippen LogP contribution in [0.2, 0.25) is 0 Å². The van der Waals surface area contributed by atoms with Crippen LogP contribution < -0.4 is 5.73 Å². The molecule has 2 N–H and O–H groups in total. The number of aromatic nitrogens is 3. The lowest BCUT2D eigenvalue weighted by molar-refractivity contribution is 0.637. The lowest BCUT2D eigenvalue weighted by Gasteiger charge is -2.06. The first-order chi connectivity index (χ1) is 8.75. The standard InChI is InChI=1S/C13H11FN4/c14-10-2-1-3-11-12(10)17-13(15)18(11)8-9-4-6-16-7-5-9/h1-7H,8H2,(H2,15,17). The number of rotatable bonds is 2. The summed E-state index contributed by atoms with van der Waals surface area (Å²) in [5.74, 6) is -0.0420. The van der Waals surface area contributed by atoms with Crippen LogP contribution in [0.5, 0.6) is 0 Å². The molecular weight excluding hydrogens is 231 g/mol. The molecule has 0 bridgehead atoms. The van der Waals surface area contributed by atoms with E-state index in [0.29, 0.717) is 23.5 Å². The van der Waals surface area contributed by atoms with Crippen molar-refractivity contribution in [3.63, 3.8) is 0 Å². The highest BCUT2D eigenvalue weighted by atomic mass is 19.1. The number of hydrogen-bond donors (Lipinski definition) is 1. The molecule has 0 aliphatic carbocycles. The monoisotopic (exact) mass is 242 g/mol. The molecule has 4 nitrogen and oxygen atoms in total. The smallest absolute Gasteiger partial charge is 0.201 e. The van der Waals surface area contributed by atoms with E-state index in [1.54, 1.807) is 23.0 Å². The molecule has 3 aromatic rings. The van der Waals surface area contributed by atoms with Crippen LogP contribution in [0.15, 0.2) is 42.7 Å². The van der Waals surface area contributed by atoms with Crippen molar-refractivity contribution in [3.8, 4) is 0 Å². The van der Waals surface area contributed by atoms with E-state index in [-0.39, 0.29) is 5.82 Å². The largest absolute Gasteiger partial charge is 0.369 e. The number of anilines is 1. The molecule has 0 fully saturated rings. The maximum Gasteiger partial charge on any atom is 0.201 e. The van der Waals surface area contributed by atoms with Crippen molar-refractivity contribution in [2.24, 2.45) is 0 Å². The Hall–Kier alpha value is -2.43. The lowest BCUT2D eigenvalue weighted by Crippen LogP contribution is -2.04. The highest BCUT2D eigenvalue weighted by Gasteiger charge is 2.11. The number of nitrogens with two attached hydrogens (primary N) is 1. The molecule has 1 aromatic carbocycles. The van der Waals surface area contributed by atoms with Crippen LogP contribution in [0.25, 0.3) is 11.0 Å². The summed E-state index contributed by atoms with van der Waals surface area (Å²) in [6.45, 7) is 0.550. The fourth-order valence-corrected chi connectivity index (χ4v) is 1.97. The van der Waals surface area contributed by atoms with Gasteiger partial charge < -0.3 is 10.3 Å². The Morgan fingerprint density at radius 1 is 1.17 bits per heavy atom. The SMILES string of the molecule is Nc1nc2c(F)cccc2n1Cc1ccncc1. The van der Waals surface area contributed by atoms with E-state index in [1.807, 2.05) is 18.2 Å². The maximum atomic E-state index is 13.6. The molecule has 0 amide bonds. The number of nitrogens with zero attached hydrogens (tertiary/aromatic N) is 3. The Morgan fingerprint density at radius 3 is 2.72 bits per heavy atom. The summed E-state index contributed by atoms with van der Waals surface area (Å²) in [7, 11) is 0. The van der Waals surface area contributed by atoms with E-state index in [1.165, 1.54) is 6.07 Å². The number of hydrogen-bond acceptors (Lipinski definition) is 3. The van der Waals surface area contributed by atoms with Crippen LogP contribution in [0.1, 0.15) is 5.56 Å². The van der Waals surface area contributed by atoms with Crippen LogP contribution in [-0.2, 0) is 6.54 Å². The predicted molar refractivity (Wildman–Crippen MR) is 67.4 cm³/mol. The summed E-state index contributed by atoms with van der Waals surface area (Å²) in [5, 5.41) is 0. The van der Waals surface area contributed by atoms with Gasteiger partial charge in [0, 0.05) is 12.4 Å². The molecule has 0 aliphatic rings. The van der Waals surface area contributed by atoms with E-state index < -0.39 is 0 Å². The van der Waals surface area contributed by atoms with Crippen LogP contribution in [0, 0.1) is 5.82 Å². The number of pyridine rings is 1.